The third kappa shape index (κ3) is 1.31. The molecule has 0 fully saturated rings. The van der Waals surface area contributed by atoms with Crippen LogP contribution in [0.25, 0.3) is 5.57 Å². The van der Waals surface area contributed by atoms with Crippen molar-refractivity contribution in [3.8, 4) is 0 Å². The van der Waals surface area contributed by atoms with Crippen LogP contribution in [0.5, 0.6) is 0 Å². The average molecular weight is 172 g/mol. The average Bonchev–Trinajstić information content (AvgIpc) is 2.49. The summed E-state index contributed by atoms with van der Waals surface area (Å²) in [6.07, 6.45) is 1.97. The van der Waals surface area contributed by atoms with Crippen molar-refractivity contribution in [2.75, 3.05) is 7.05 Å². The molecule has 2 heteroatoms. The van der Waals surface area contributed by atoms with Crippen LogP contribution in [0, 0.1) is 0 Å². The molecule has 66 valence electrons. The van der Waals surface area contributed by atoms with Crippen molar-refractivity contribution in [3.63, 3.8) is 0 Å². The second kappa shape index (κ2) is 2.98. The van der Waals surface area contributed by atoms with Crippen molar-refractivity contribution < 1.29 is 0 Å². The molecule has 1 N–H and O–H groups in total. The van der Waals surface area contributed by atoms with E-state index >= 15 is 0 Å². The molecule has 0 saturated carbocycles. The van der Waals surface area contributed by atoms with E-state index in [0.717, 1.165) is 11.3 Å². The van der Waals surface area contributed by atoms with Gasteiger partial charge in [0.1, 0.15) is 0 Å². The summed E-state index contributed by atoms with van der Waals surface area (Å²) in [4.78, 5) is 0. The number of rotatable bonds is 1. The normalized spacial score (nSPS) is 15.6. The van der Waals surface area contributed by atoms with Gasteiger partial charge in [-0.15, -0.1) is 0 Å². The molecular weight excluding hydrogens is 160 g/mol. The SMILES string of the molecule is C=C1C(c2ccccc2)=CNN1C. The van der Waals surface area contributed by atoms with Gasteiger partial charge in [-0.3, -0.25) is 5.01 Å². The molecule has 1 aliphatic rings. The lowest BCUT2D eigenvalue weighted by Gasteiger charge is -2.13. The first kappa shape index (κ1) is 7.92. The lowest BCUT2D eigenvalue weighted by molar-refractivity contribution is 0.387. The Bertz CT molecular complexity index is 352. The van der Waals surface area contributed by atoms with E-state index in [1.807, 2.05) is 36.5 Å². The molecule has 2 rings (SSSR count). The number of hydrazine groups is 1. The zero-order chi connectivity index (χ0) is 9.26. The predicted octanol–water partition coefficient (Wildman–Crippen LogP) is 1.99. The Balaban J connectivity index is 2.34. The molecule has 1 heterocycles. The third-order valence-electron chi connectivity index (χ3n) is 2.20. The molecule has 0 aliphatic carbocycles. The van der Waals surface area contributed by atoms with E-state index in [-0.39, 0.29) is 0 Å². The number of hydrogen-bond donors (Lipinski definition) is 1. The minimum absolute atomic E-state index is 1.01. The Morgan fingerprint density at radius 2 is 1.92 bits per heavy atom. The number of benzene rings is 1. The summed E-state index contributed by atoms with van der Waals surface area (Å²) in [5, 5.41) is 1.91. The van der Waals surface area contributed by atoms with Crippen molar-refractivity contribution >= 4 is 5.57 Å². The number of allylic oxidation sites excluding steroid dienone is 1. The van der Waals surface area contributed by atoms with E-state index in [2.05, 4.69) is 24.1 Å². The second-order valence-corrected chi connectivity index (χ2v) is 3.06. The summed E-state index contributed by atoms with van der Waals surface area (Å²) < 4.78 is 0. The molecule has 0 aromatic heterocycles. The second-order valence-electron chi connectivity index (χ2n) is 3.06. The minimum atomic E-state index is 1.01. The van der Waals surface area contributed by atoms with Crippen molar-refractivity contribution in [2.24, 2.45) is 0 Å². The fraction of sp³-hybridized carbons (Fsp3) is 0.0909. The van der Waals surface area contributed by atoms with Crippen molar-refractivity contribution in [2.45, 2.75) is 0 Å². The Kier molecular flexibility index (Phi) is 1.81. The highest BCUT2D eigenvalue weighted by molar-refractivity contribution is 5.79. The molecule has 0 spiro atoms. The zero-order valence-corrected chi connectivity index (χ0v) is 7.62. The van der Waals surface area contributed by atoms with Crippen LogP contribution in [-0.4, -0.2) is 12.1 Å². The number of nitrogens with one attached hydrogen (secondary N) is 1. The van der Waals surface area contributed by atoms with Gasteiger partial charge in [0.25, 0.3) is 0 Å². The van der Waals surface area contributed by atoms with E-state index in [1.165, 1.54) is 5.56 Å². The maximum absolute atomic E-state index is 3.99. The Hall–Kier alpha value is -1.70. The predicted molar refractivity (Wildman–Crippen MR) is 54.5 cm³/mol. The summed E-state index contributed by atoms with van der Waals surface area (Å²) >= 11 is 0. The van der Waals surface area contributed by atoms with Crippen LogP contribution >= 0.6 is 0 Å². The van der Waals surface area contributed by atoms with Crippen molar-refractivity contribution in [1.29, 1.82) is 0 Å². The number of hydrogen-bond acceptors (Lipinski definition) is 2. The van der Waals surface area contributed by atoms with Crippen molar-refractivity contribution in [1.82, 2.24) is 10.4 Å². The summed E-state index contributed by atoms with van der Waals surface area (Å²) in [7, 11) is 1.95. The van der Waals surface area contributed by atoms with Gasteiger partial charge in [-0.2, -0.15) is 0 Å². The van der Waals surface area contributed by atoms with Crippen LogP contribution in [0.2, 0.25) is 0 Å². The Morgan fingerprint density at radius 1 is 1.23 bits per heavy atom. The summed E-state index contributed by atoms with van der Waals surface area (Å²) in [5.41, 5.74) is 6.45. The molecule has 0 unspecified atom stereocenters. The summed E-state index contributed by atoms with van der Waals surface area (Å²) in [5.74, 6) is 0. The molecule has 0 bridgehead atoms. The van der Waals surface area contributed by atoms with E-state index in [0.29, 0.717) is 0 Å². The first-order valence-corrected chi connectivity index (χ1v) is 4.24. The van der Waals surface area contributed by atoms with Gasteiger partial charge in [-0.05, 0) is 5.56 Å². The summed E-state index contributed by atoms with van der Waals surface area (Å²) in [6.45, 7) is 3.99. The standard InChI is InChI=1S/C11H12N2/c1-9-11(8-12-13(9)2)10-6-4-3-5-7-10/h3-8,12H,1H2,2H3. The Labute approximate surface area is 78.2 Å². The van der Waals surface area contributed by atoms with Crippen LogP contribution in [-0.2, 0) is 0 Å². The smallest absolute Gasteiger partial charge is 0.0590 e. The molecule has 0 amide bonds. The first-order valence-electron chi connectivity index (χ1n) is 4.24. The lowest BCUT2D eigenvalue weighted by Crippen LogP contribution is -2.22. The molecule has 0 saturated heterocycles. The molecule has 1 aromatic rings. The van der Waals surface area contributed by atoms with Gasteiger partial charge in [0.05, 0.1) is 5.70 Å². The van der Waals surface area contributed by atoms with E-state index in [4.69, 9.17) is 0 Å². The maximum atomic E-state index is 3.99. The molecular formula is C11H12N2. The molecule has 1 aromatic carbocycles. The minimum Gasteiger partial charge on any atom is -0.305 e. The van der Waals surface area contributed by atoms with Gasteiger partial charge in [0.15, 0.2) is 0 Å². The molecule has 0 atom stereocenters. The maximum Gasteiger partial charge on any atom is 0.0590 e. The van der Waals surface area contributed by atoms with Gasteiger partial charge < -0.3 is 5.43 Å². The fourth-order valence-corrected chi connectivity index (χ4v) is 1.37. The van der Waals surface area contributed by atoms with E-state index in [1.54, 1.807) is 0 Å². The summed E-state index contributed by atoms with van der Waals surface area (Å²) in [6, 6.07) is 10.2. The van der Waals surface area contributed by atoms with E-state index < -0.39 is 0 Å². The van der Waals surface area contributed by atoms with Gasteiger partial charge in [0, 0.05) is 18.8 Å². The van der Waals surface area contributed by atoms with Crippen LogP contribution in [0.3, 0.4) is 0 Å². The van der Waals surface area contributed by atoms with Crippen LogP contribution in [0.1, 0.15) is 5.56 Å². The highest BCUT2D eigenvalue weighted by Crippen LogP contribution is 2.25. The molecule has 0 radical (unpaired) electrons. The van der Waals surface area contributed by atoms with Crippen LogP contribution < -0.4 is 5.43 Å². The number of nitrogens with zero attached hydrogens (tertiary/aromatic N) is 1. The van der Waals surface area contributed by atoms with Gasteiger partial charge in [-0.1, -0.05) is 36.9 Å². The molecule has 1 aliphatic heterocycles. The van der Waals surface area contributed by atoms with E-state index in [9.17, 15) is 0 Å². The van der Waals surface area contributed by atoms with Gasteiger partial charge >= 0.3 is 0 Å². The topological polar surface area (TPSA) is 15.3 Å². The Morgan fingerprint density at radius 3 is 2.46 bits per heavy atom. The highest BCUT2D eigenvalue weighted by atomic mass is 15.5. The largest absolute Gasteiger partial charge is 0.305 e. The quantitative estimate of drug-likeness (QED) is 0.697. The third-order valence-corrected chi connectivity index (χ3v) is 2.20. The zero-order valence-electron chi connectivity index (χ0n) is 7.62. The molecule has 2 nitrogen and oxygen atoms in total. The number of likely N-dealkylation sites (N-methyl/N-ethyl adjacent to an activating group) is 1. The lowest BCUT2D eigenvalue weighted by atomic mass is 10.1. The monoisotopic (exact) mass is 172 g/mol. The van der Waals surface area contributed by atoms with Crippen LogP contribution in [0.4, 0.5) is 0 Å². The fourth-order valence-electron chi connectivity index (χ4n) is 1.37. The van der Waals surface area contributed by atoms with Crippen molar-refractivity contribution in [3.05, 3.63) is 54.4 Å². The first-order chi connectivity index (χ1) is 6.29. The molecule has 13 heavy (non-hydrogen) atoms. The highest BCUT2D eigenvalue weighted by Gasteiger charge is 2.14. The van der Waals surface area contributed by atoms with Gasteiger partial charge in [0.2, 0.25) is 0 Å². The van der Waals surface area contributed by atoms with Crippen LogP contribution in [0.15, 0.2) is 48.8 Å². The van der Waals surface area contributed by atoms with Gasteiger partial charge in [-0.25, -0.2) is 0 Å².